The molecule has 2 rings (SSSR count). The SMILES string of the molecule is COc1cc(CNC(=O)CSCc2ccc(Cl)cc2F)cc(OC)c1OC. The third-order valence-electron chi connectivity index (χ3n) is 3.72. The maximum atomic E-state index is 13.7. The van der Waals surface area contributed by atoms with Crippen molar-refractivity contribution in [2.45, 2.75) is 12.3 Å². The van der Waals surface area contributed by atoms with E-state index in [1.54, 1.807) is 24.3 Å². The van der Waals surface area contributed by atoms with Crippen LogP contribution in [0, 0.1) is 5.82 Å². The number of carbonyl (C=O) groups excluding carboxylic acids is 1. The van der Waals surface area contributed by atoms with Gasteiger partial charge in [-0.1, -0.05) is 17.7 Å². The molecule has 0 atom stereocenters. The molecular formula is C19H21ClFNO4S. The van der Waals surface area contributed by atoms with E-state index in [9.17, 15) is 9.18 Å². The van der Waals surface area contributed by atoms with Crippen molar-refractivity contribution in [3.63, 3.8) is 0 Å². The summed E-state index contributed by atoms with van der Waals surface area (Å²) < 4.78 is 29.6. The van der Waals surface area contributed by atoms with Gasteiger partial charge in [-0.2, -0.15) is 0 Å². The van der Waals surface area contributed by atoms with Gasteiger partial charge in [0.25, 0.3) is 0 Å². The fourth-order valence-electron chi connectivity index (χ4n) is 2.38. The fraction of sp³-hybridized carbons (Fsp3) is 0.316. The van der Waals surface area contributed by atoms with Crippen molar-refractivity contribution in [1.82, 2.24) is 5.32 Å². The van der Waals surface area contributed by atoms with Crippen molar-refractivity contribution < 1.29 is 23.4 Å². The van der Waals surface area contributed by atoms with Crippen molar-refractivity contribution in [3.05, 3.63) is 52.3 Å². The minimum Gasteiger partial charge on any atom is -0.493 e. The number of rotatable bonds is 9. The average Bonchev–Trinajstić information content (AvgIpc) is 2.67. The number of ether oxygens (including phenoxy) is 3. The summed E-state index contributed by atoms with van der Waals surface area (Å²) in [6, 6.07) is 8.07. The maximum absolute atomic E-state index is 13.7. The van der Waals surface area contributed by atoms with Gasteiger partial charge < -0.3 is 19.5 Å². The zero-order valence-corrected chi connectivity index (χ0v) is 16.9. The van der Waals surface area contributed by atoms with Crippen LogP contribution in [0.15, 0.2) is 30.3 Å². The molecule has 0 saturated heterocycles. The van der Waals surface area contributed by atoms with Crippen LogP contribution in [0.2, 0.25) is 5.02 Å². The molecule has 5 nitrogen and oxygen atoms in total. The maximum Gasteiger partial charge on any atom is 0.230 e. The zero-order valence-electron chi connectivity index (χ0n) is 15.3. The highest BCUT2D eigenvalue weighted by atomic mass is 35.5. The summed E-state index contributed by atoms with van der Waals surface area (Å²) in [4.78, 5) is 12.0. The summed E-state index contributed by atoms with van der Waals surface area (Å²) in [7, 11) is 4.60. The molecule has 2 aromatic rings. The van der Waals surface area contributed by atoms with Crippen LogP contribution in [-0.2, 0) is 17.1 Å². The monoisotopic (exact) mass is 413 g/mol. The van der Waals surface area contributed by atoms with Gasteiger partial charge in [-0.15, -0.1) is 11.8 Å². The molecule has 0 aromatic heterocycles. The molecule has 0 unspecified atom stereocenters. The van der Waals surface area contributed by atoms with Gasteiger partial charge in [0.15, 0.2) is 11.5 Å². The second-order valence-electron chi connectivity index (χ2n) is 5.54. The molecule has 146 valence electrons. The summed E-state index contributed by atoms with van der Waals surface area (Å²) in [5, 5.41) is 3.17. The number of halogens is 2. The van der Waals surface area contributed by atoms with Crippen molar-refractivity contribution in [1.29, 1.82) is 0 Å². The van der Waals surface area contributed by atoms with Gasteiger partial charge in [-0.25, -0.2) is 4.39 Å². The van der Waals surface area contributed by atoms with Crippen LogP contribution < -0.4 is 19.5 Å². The fourth-order valence-corrected chi connectivity index (χ4v) is 3.38. The number of hydrogen-bond acceptors (Lipinski definition) is 5. The van der Waals surface area contributed by atoms with E-state index in [1.165, 1.54) is 39.2 Å². The Morgan fingerprint density at radius 3 is 2.33 bits per heavy atom. The lowest BCUT2D eigenvalue weighted by atomic mass is 10.2. The third kappa shape index (κ3) is 5.94. The zero-order chi connectivity index (χ0) is 19.8. The Morgan fingerprint density at radius 1 is 1.11 bits per heavy atom. The predicted molar refractivity (Wildman–Crippen MR) is 106 cm³/mol. The second kappa shape index (κ2) is 10.3. The Bertz CT molecular complexity index is 778. The quantitative estimate of drug-likeness (QED) is 0.672. The van der Waals surface area contributed by atoms with E-state index in [-0.39, 0.29) is 17.5 Å². The topological polar surface area (TPSA) is 56.8 Å². The minimum absolute atomic E-state index is 0.150. The number of amides is 1. The van der Waals surface area contributed by atoms with Crippen LogP contribution >= 0.6 is 23.4 Å². The Labute approximate surface area is 167 Å². The first-order valence-electron chi connectivity index (χ1n) is 8.05. The number of benzene rings is 2. The van der Waals surface area contributed by atoms with E-state index in [2.05, 4.69) is 5.32 Å². The lowest BCUT2D eigenvalue weighted by Crippen LogP contribution is -2.24. The largest absolute Gasteiger partial charge is 0.493 e. The first-order valence-corrected chi connectivity index (χ1v) is 9.59. The molecule has 0 aliphatic carbocycles. The van der Waals surface area contributed by atoms with Gasteiger partial charge in [-0.3, -0.25) is 4.79 Å². The Morgan fingerprint density at radius 2 is 1.78 bits per heavy atom. The second-order valence-corrected chi connectivity index (χ2v) is 6.96. The molecule has 27 heavy (non-hydrogen) atoms. The van der Waals surface area contributed by atoms with Gasteiger partial charge in [0.2, 0.25) is 11.7 Å². The number of thioether (sulfide) groups is 1. The average molecular weight is 414 g/mol. The van der Waals surface area contributed by atoms with Gasteiger partial charge in [0.1, 0.15) is 5.82 Å². The highest BCUT2D eigenvalue weighted by molar-refractivity contribution is 7.99. The molecule has 0 radical (unpaired) electrons. The molecule has 1 N–H and O–H groups in total. The molecule has 0 saturated carbocycles. The Kier molecular flexibility index (Phi) is 8.06. The van der Waals surface area contributed by atoms with Crippen LogP contribution in [0.5, 0.6) is 17.2 Å². The standard InChI is InChI=1S/C19H21ClFNO4S/c1-24-16-6-12(7-17(25-2)19(16)26-3)9-22-18(23)11-27-10-13-4-5-14(20)8-15(13)21/h4-8H,9-11H2,1-3H3,(H,22,23). The number of methoxy groups -OCH3 is 3. The first kappa shape index (κ1) is 21.2. The summed E-state index contributed by atoms with van der Waals surface area (Å²) in [5.41, 5.74) is 1.33. The van der Waals surface area contributed by atoms with Gasteiger partial charge in [0.05, 0.1) is 27.1 Å². The van der Waals surface area contributed by atoms with Crippen LogP contribution in [0.4, 0.5) is 4.39 Å². The van der Waals surface area contributed by atoms with Crippen molar-refractivity contribution >= 4 is 29.3 Å². The van der Waals surface area contributed by atoms with E-state index < -0.39 is 0 Å². The number of hydrogen-bond donors (Lipinski definition) is 1. The molecule has 0 bridgehead atoms. The predicted octanol–water partition coefficient (Wildman–Crippen LogP) is 4.05. The molecule has 8 heteroatoms. The van der Waals surface area contributed by atoms with E-state index in [0.29, 0.717) is 40.1 Å². The van der Waals surface area contributed by atoms with E-state index in [4.69, 9.17) is 25.8 Å². The van der Waals surface area contributed by atoms with Gasteiger partial charge in [-0.05, 0) is 35.4 Å². The van der Waals surface area contributed by atoms with E-state index >= 15 is 0 Å². The molecule has 0 heterocycles. The minimum atomic E-state index is -0.368. The Hall–Kier alpha value is -2.12. The molecule has 0 spiro atoms. The lowest BCUT2D eigenvalue weighted by Gasteiger charge is -2.14. The van der Waals surface area contributed by atoms with Gasteiger partial charge >= 0.3 is 0 Å². The molecule has 0 aliphatic rings. The number of carbonyl (C=O) groups is 1. The first-order chi connectivity index (χ1) is 13.0. The summed E-state index contributed by atoms with van der Waals surface area (Å²) >= 11 is 7.05. The van der Waals surface area contributed by atoms with Crippen molar-refractivity contribution in [2.24, 2.45) is 0 Å². The van der Waals surface area contributed by atoms with E-state index in [0.717, 1.165) is 5.56 Å². The Balaban J connectivity index is 1.88. The number of nitrogens with one attached hydrogen (secondary N) is 1. The summed E-state index contributed by atoms with van der Waals surface area (Å²) in [6.45, 7) is 0.311. The molecule has 0 fully saturated rings. The molecule has 0 aliphatic heterocycles. The molecule has 1 amide bonds. The molecular weight excluding hydrogens is 393 g/mol. The summed E-state index contributed by atoms with van der Waals surface area (Å²) in [5.74, 6) is 1.63. The third-order valence-corrected chi connectivity index (χ3v) is 4.94. The van der Waals surface area contributed by atoms with Crippen LogP contribution in [0.1, 0.15) is 11.1 Å². The summed E-state index contributed by atoms with van der Waals surface area (Å²) in [6.07, 6.45) is 0. The van der Waals surface area contributed by atoms with Crippen molar-refractivity contribution in [3.8, 4) is 17.2 Å². The van der Waals surface area contributed by atoms with Crippen LogP contribution in [0.25, 0.3) is 0 Å². The van der Waals surface area contributed by atoms with Crippen LogP contribution in [0.3, 0.4) is 0 Å². The lowest BCUT2D eigenvalue weighted by molar-refractivity contribution is -0.118. The normalized spacial score (nSPS) is 10.4. The van der Waals surface area contributed by atoms with Gasteiger partial charge in [0, 0.05) is 17.3 Å². The highest BCUT2D eigenvalue weighted by Crippen LogP contribution is 2.38. The van der Waals surface area contributed by atoms with Crippen LogP contribution in [-0.4, -0.2) is 33.0 Å². The molecule has 2 aromatic carbocycles. The smallest absolute Gasteiger partial charge is 0.230 e. The van der Waals surface area contributed by atoms with E-state index in [1.807, 2.05) is 0 Å². The highest BCUT2D eigenvalue weighted by Gasteiger charge is 2.13. The van der Waals surface area contributed by atoms with Crippen molar-refractivity contribution in [2.75, 3.05) is 27.1 Å².